The minimum Gasteiger partial charge on any atom is -0.493 e. The third-order valence-electron chi connectivity index (χ3n) is 5.84. The average Bonchev–Trinajstić information content (AvgIpc) is 2.88. The lowest BCUT2D eigenvalue weighted by molar-refractivity contribution is -0.146. The van der Waals surface area contributed by atoms with E-state index in [1.54, 1.807) is 25.5 Å². The van der Waals surface area contributed by atoms with Crippen LogP contribution in [0.4, 0.5) is 5.69 Å². The molecule has 0 aliphatic carbocycles. The Balaban J connectivity index is 1.31. The number of ether oxygens (including phenoxy) is 4. The molecule has 0 saturated carbocycles. The highest BCUT2D eigenvalue weighted by molar-refractivity contribution is 6.04. The van der Waals surface area contributed by atoms with Crippen molar-refractivity contribution in [3.8, 4) is 5.75 Å². The van der Waals surface area contributed by atoms with Crippen molar-refractivity contribution in [1.29, 1.82) is 0 Å². The lowest BCUT2D eigenvalue weighted by Crippen LogP contribution is -2.32. The van der Waals surface area contributed by atoms with E-state index in [0.717, 1.165) is 30.0 Å². The van der Waals surface area contributed by atoms with Crippen LogP contribution in [0.5, 0.6) is 5.75 Å². The molecule has 0 aromatic heterocycles. The summed E-state index contributed by atoms with van der Waals surface area (Å²) in [6.45, 7) is 4.02. The molecule has 2 aliphatic rings. The number of nitrogens with zero attached hydrogens (tertiary/aromatic N) is 2. The Morgan fingerprint density at radius 3 is 2.71 bits per heavy atom. The summed E-state index contributed by atoms with van der Waals surface area (Å²) in [4.78, 5) is 24.8. The van der Waals surface area contributed by atoms with Crippen LogP contribution in [0.3, 0.4) is 0 Å². The fraction of sp³-hybridized carbons (Fsp3) is 0.423. The molecule has 0 bridgehead atoms. The summed E-state index contributed by atoms with van der Waals surface area (Å²) >= 11 is 0. The number of esters is 1. The zero-order valence-corrected chi connectivity index (χ0v) is 19.9. The number of benzene rings is 2. The van der Waals surface area contributed by atoms with Gasteiger partial charge in [-0.2, -0.15) is 5.10 Å². The lowest BCUT2D eigenvalue weighted by atomic mass is 9.93. The smallest absolute Gasteiger partial charge is 0.306 e. The number of hydrazone groups is 1. The molecule has 2 heterocycles. The Hall–Kier alpha value is -3.43. The largest absolute Gasteiger partial charge is 0.493 e. The molecule has 1 unspecified atom stereocenters. The topological polar surface area (TPSA) is 98.7 Å². The van der Waals surface area contributed by atoms with E-state index in [-0.39, 0.29) is 30.8 Å². The Kier molecular flexibility index (Phi) is 8.69. The van der Waals surface area contributed by atoms with E-state index >= 15 is 0 Å². The van der Waals surface area contributed by atoms with Crippen LogP contribution >= 0.6 is 0 Å². The maximum atomic E-state index is 12.8. The highest BCUT2D eigenvalue weighted by atomic mass is 16.6. The first-order valence-electron chi connectivity index (χ1n) is 11.8. The number of anilines is 1. The minimum atomic E-state index is -0.262. The van der Waals surface area contributed by atoms with Gasteiger partial charge in [0.15, 0.2) is 0 Å². The third kappa shape index (κ3) is 7.27. The highest BCUT2D eigenvalue weighted by Crippen LogP contribution is 2.31. The van der Waals surface area contributed by atoms with Crippen LogP contribution < -0.4 is 10.1 Å². The van der Waals surface area contributed by atoms with Crippen LogP contribution in [0.2, 0.25) is 0 Å². The van der Waals surface area contributed by atoms with Crippen LogP contribution in [-0.2, 0) is 25.4 Å². The fourth-order valence-electron chi connectivity index (χ4n) is 3.94. The van der Waals surface area contributed by atoms with Crippen molar-refractivity contribution in [2.45, 2.75) is 12.8 Å². The zero-order valence-electron chi connectivity index (χ0n) is 19.9. The zero-order chi connectivity index (χ0) is 24.5. The predicted molar refractivity (Wildman–Crippen MR) is 131 cm³/mol. The van der Waals surface area contributed by atoms with Gasteiger partial charge in [0.05, 0.1) is 52.2 Å². The van der Waals surface area contributed by atoms with Gasteiger partial charge in [-0.1, -0.05) is 12.1 Å². The second kappa shape index (κ2) is 12.3. The molecule has 1 amide bonds. The number of nitrogens with one attached hydrogen (secondary N) is 1. The lowest BCUT2D eigenvalue weighted by Gasteiger charge is -2.25. The first-order valence-corrected chi connectivity index (χ1v) is 11.8. The van der Waals surface area contributed by atoms with Crippen molar-refractivity contribution in [2.24, 2.45) is 11.0 Å². The summed E-state index contributed by atoms with van der Waals surface area (Å²) in [6.07, 6.45) is 2.75. The molecule has 35 heavy (non-hydrogen) atoms. The van der Waals surface area contributed by atoms with Gasteiger partial charge in [0.25, 0.3) is 5.91 Å². The van der Waals surface area contributed by atoms with Gasteiger partial charge in [0, 0.05) is 24.3 Å². The Morgan fingerprint density at radius 2 is 1.94 bits per heavy atom. The number of methoxy groups -OCH3 is 1. The van der Waals surface area contributed by atoms with Gasteiger partial charge >= 0.3 is 5.97 Å². The van der Waals surface area contributed by atoms with Crippen LogP contribution in [0, 0.1) is 5.92 Å². The first kappa shape index (κ1) is 24.7. The molecule has 186 valence electrons. The highest BCUT2D eigenvalue weighted by Gasteiger charge is 2.23. The first-order chi connectivity index (χ1) is 17.1. The fourth-order valence-corrected chi connectivity index (χ4v) is 3.94. The summed E-state index contributed by atoms with van der Waals surface area (Å²) < 4.78 is 21.2. The van der Waals surface area contributed by atoms with E-state index in [4.69, 9.17) is 18.9 Å². The van der Waals surface area contributed by atoms with Crippen LogP contribution in [0.15, 0.2) is 47.6 Å². The summed E-state index contributed by atoms with van der Waals surface area (Å²) in [6, 6.07) is 12.9. The molecule has 2 aliphatic heterocycles. The number of fused-ring (bicyclic) bond motifs is 1. The van der Waals surface area contributed by atoms with Gasteiger partial charge < -0.3 is 24.3 Å². The second-order valence-corrected chi connectivity index (χ2v) is 8.51. The van der Waals surface area contributed by atoms with E-state index < -0.39 is 0 Å². The van der Waals surface area contributed by atoms with Gasteiger partial charge in [-0.25, -0.2) is 0 Å². The number of rotatable bonds is 9. The maximum Gasteiger partial charge on any atom is 0.306 e. The van der Waals surface area contributed by atoms with Crippen LogP contribution in [-0.4, -0.2) is 76.3 Å². The van der Waals surface area contributed by atoms with Crippen molar-refractivity contribution in [2.75, 3.05) is 58.6 Å². The molecule has 1 fully saturated rings. The van der Waals surface area contributed by atoms with Gasteiger partial charge in [0.1, 0.15) is 12.4 Å². The molecule has 9 nitrogen and oxygen atoms in total. The van der Waals surface area contributed by atoms with Crippen molar-refractivity contribution in [3.05, 3.63) is 59.2 Å². The van der Waals surface area contributed by atoms with Crippen molar-refractivity contribution in [1.82, 2.24) is 5.01 Å². The Morgan fingerprint density at radius 1 is 1.14 bits per heavy atom. The molecule has 2 aromatic carbocycles. The number of hydrogen-bond acceptors (Lipinski definition) is 8. The number of carbonyl (C=O) groups excluding carboxylic acids is 2. The predicted octanol–water partition coefficient (Wildman–Crippen LogP) is 2.74. The molecule has 9 heteroatoms. The summed E-state index contributed by atoms with van der Waals surface area (Å²) in [5.74, 6) is 0.338. The van der Waals surface area contributed by atoms with Gasteiger partial charge in [-0.3, -0.25) is 14.6 Å². The Labute approximate surface area is 205 Å². The van der Waals surface area contributed by atoms with E-state index in [9.17, 15) is 9.59 Å². The molecule has 1 N–H and O–H groups in total. The normalized spacial score (nSPS) is 17.5. The molecule has 0 spiro atoms. The maximum absolute atomic E-state index is 12.8. The molecule has 1 atom stereocenters. The Bertz CT molecular complexity index is 1030. The molecule has 1 saturated heterocycles. The SMILES string of the molecule is COCCOC(=O)CC1COc2ccc(NC(=O)c3ccc(/C=N/N4CCOCC4)cc3)cc2C1. The number of amides is 1. The van der Waals surface area contributed by atoms with Crippen molar-refractivity contribution >= 4 is 23.8 Å². The van der Waals surface area contributed by atoms with Gasteiger partial charge in [0.2, 0.25) is 0 Å². The van der Waals surface area contributed by atoms with Gasteiger partial charge in [-0.15, -0.1) is 0 Å². The monoisotopic (exact) mass is 481 g/mol. The number of morpholine rings is 1. The quantitative estimate of drug-likeness (QED) is 0.334. The van der Waals surface area contributed by atoms with Crippen molar-refractivity contribution < 1.29 is 28.5 Å². The van der Waals surface area contributed by atoms with E-state index in [0.29, 0.717) is 44.1 Å². The standard InChI is InChI=1S/C26H31N3O6/c1-32-12-13-34-25(30)15-20-14-22-16-23(6-7-24(22)35-18-20)28-26(31)21-4-2-19(3-5-21)17-27-29-8-10-33-11-9-29/h2-7,16-17,20H,8-15,18H2,1H3,(H,28,31)/b27-17+. The second-order valence-electron chi connectivity index (χ2n) is 8.51. The van der Waals surface area contributed by atoms with Crippen LogP contribution in [0.1, 0.15) is 27.9 Å². The molecular weight excluding hydrogens is 450 g/mol. The van der Waals surface area contributed by atoms with E-state index in [1.165, 1.54) is 0 Å². The molecular formula is C26H31N3O6. The minimum absolute atomic E-state index is 0.0233. The van der Waals surface area contributed by atoms with E-state index in [2.05, 4.69) is 10.4 Å². The number of hydrogen-bond donors (Lipinski definition) is 1. The summed E-state index contributed by atoms with van der Waals surface area (Å²) in [5.41, 5.74) is 3.11. The summed E-state index contributed by atoms with van der Waals surface area (Å²) in [5, 5.41) is 9.38. The van der Waals surface area contributed by atoms with Crippen molar-refractivity contribution in [3.63, 3.8) is 0 Å². The average molecular weight is 482 g/mol. The van der Waals surface area contributed by atoms with E-state index in [1.807, 2.05) is 35.3 Å². The molecule has 2 aromatic rings. The van der Waals surface area contributed by atoms with Gasteiger partial charge in [-0.05, 0) is 47.9 Å². The molecule has 4 rings (SSSR count). The third-order valence-corrected chi connectivity index (χ3v) is 5.84. The van der Waals surface area contributed by atoms with Crippen LogP contribution in [0.25, 0.3) is 0 Å². The summed E-state index contributed by atoms with van der Waals surface area (Å²) in [7, 11) is 1.56. The molecule has 0 radical (unpaired) electrons. The number of carbonyl (C=O) groups is 2.